The molecule has 0 bridgehead atoms. The van der Waals surface area contributed by atoms with E-state index in [-0.39, 0.29) is 22.1 Å². The van der Waals surface area contributed by atoms with Crippen molar-refractivity contribution in [3.05, 3.63) is 59.1 Å². The number of thiazole rings is 1. The number of rotatable bonds is 6. The van der Waals surface area contributed by atoms with Gasteiger partial charge in [-0.2, -0.15) is 0 Å². The van der Waals surface area contributed by atoms with Gasteiger partial charge in [0.2, 0.25) is 0 Å². The molecule has 3 aromatic rings. The van der Waals surface area contributed by atoms with Crippen molar-refractivity contribution in [1.29, 1.82) is 0 Å². The maximum atomic E-state index is 13.0. The zero-order valence-corrected chi connectivity index (χ0v) is 20.1. The summed E-state index contributed by atoms with van der Waals surface area (Å²) in [7, 11) is -3.55. The first kappa shape index (κ1) is 22.9. The fourth-order valence-electron chi connectivity index (χ4n) is 4.51. The second kappa shape index (κ2) is 8.92. The van der Waals surface area contributed by atoms with E-state index in [1.165, 1.54) is 11.3 Å². The molecule has 8 heteroatoms. The van der Waals surface area contributed by atoms with Crippen molar-refractivity contribution in [2.45, 2.75) is 49.3 Å². The summed E-state index contributed by atoms with van der Waals surface area (Å²) in [6.07, 6.45) is 2.57. The first-order valence-corrected chi connectivity index (χ1v) is 13.4. The third kappa shape index (κ3) is 4.87. The van der Waals surface area contributed by atoms with Crippen molar-refractivity contribution < 1.29 is 13.2 Å². The molecule has 2 aromatic carbocycles. The van der Waals surface area contributed by atoms with E-state index < -0.39 is 9.84 Å². The molecule has 1 aromatic heterocycles. The normalized spacial score (nSPS) is 16.6. The molecule has 0 aliphatic carbocycles. The minimum Gasteiger partial charge on any atom is -0.339 e. The van der Waals surface area contributed by atoms with Crippen LogP contribution < -0.4 is 5.73 Å². The van der Waals surface area contributed by atoms with E-state index in [0.29, 0.717) is 35.7 Å². The molecule has 32 heavy (non-hydrogen) atoms. The monoisotopic (exact) mass is 471 g/mol. The Balaban J connectivity index is 1.43. The lowest BCUT2D eigenvalue weighted by Crippen LogP contribution is -2.52. The summed E-state index contributed by atoms with van der Waals surface area (Å²) < 4.78 is 26.8. The largest absolute Gasteiger partial charge is 0.339 e. The first-order valence-electron chi connectivity index (χ1n) is 10.9. The summed E-state index contributed by atoms with van der Waals surface area (Å²) in [6.45, 7) is 5.64. The molecule has 0 unspecified atom stereocenters. The topological polar surface area (TPSA) is 93.4 Å². The van der Waals surface area contributed by atoms with E-state index in [9.17, 15) is 13.2 Å². The van der Waals surface area contributed by atoms with Gasteiger partial charge in [0.15, 0.2) is 9.84 Å². The van der Waals surface area contributed by atoms with E-state index in [4.69, 9.17) is 5.73 Å². The number of amides is 1. The van der Waals surface area contributed by atoms with Crippen LogP contribution in [0.3, 0.4) is 0 Å². The van der Waals surface area contributed by atoms with Crippen LogP contribution in [0.25, 0.3) is 10.2 Å². The van der Waals surface area contributed by atoms with Gasteiger partial charge in [0.25, 0.3) is 5.91 Å². The maximum Gasteiger partial charge on any atom is 0.253 e. The fourth-order valence-corrected chi connectivity index (χ4v) is 6.80. The summed E-state index contributed by atoms with van der Waals surface area (Å²) >= 11 is 1.42. The molecule has 2 heterocycles. The van der Waals surface area contributed by atoms with Crippen LogP contribution in [0, 0.1) is 5.92 Å². The van der Waals surface area contributed by atoms with Crippen molar-refractivity contribution in [3.63, 3.8) is 0 Å². The highest BCUT2D eigenvalue weighted by Crippen LogP contribution is 2.29. The zero-order valence-electron chi connectivity index (χ0n) is 18.5. The Morgan fingerprint density at radius 3 is 2.50 bits per heavy atom. The highest BCUT2D eigenvalue weighted by Gasteiger charge is 2.33. The standard InChI is InChI=1S/C24H29N3O3S2/c1-17(2)14-24(25)10-12-27(13-11-24)23(28)19-8-6-18(7-9-19)15-32(29,30)21-5-3-4-20-22(21)26-16-31-20/h3-9,16-17H,10-15,25H2,1-2H3. The smallest absolute Gasteiger partial charge is 0.253 e. The van der Waals surface area contributed by atoms with Crippen molar-refractivity contribution in [2.75, 3.05) is 13.1 Å². The van der Waals surface area contributed by atoms with Crippen molar-refractivity contribution >= 4 is 37.3 Å². The van der Waals surface area contributed by atoms with Crippen molar-refractivity contribution in [1.82, 2.24) is 9.88 Å². The fraction of sp³-hybridized carbons (Fsp3) is 0.417. The average molecular weight is 472 g/mol. The molecule has 1 aliphatic heterocycles. The molecule has 1 fully saturated rings. The molecule has 0 radical (unpaired) electrons. The van der Waals surface area contributed by atoms with E-state index >= 15 is 0 Å². The van der Waals surface area contributed by atoms with Crippen molar-refractivity contribution in [2.24, 2.45) is 11.7 Å². The average Bonchev–Trinajstić information content (AvgIpc) is 3.22. The molecule has 4 rings (SSSR count). The van der Waals surface area contributed by atoms with Crippen LogP contribution in [0.4, 0.5) is 0 Å². The van der Waals surface area contributed by atoms with Gasteiger partial charge in [-0.25, -0.2) is 13.4 Å². The number of hydrogen-bond acceptors (Lipinski definition) is 6. The highest BCUT2D eigenvalue weighted by molar-refractivity contribution is 7.90. The van der Waals surface area contributed by atoms with Crippen LogP contribution in [0.1, 0.15) is 49.0 Å². The van der Waals surface area contributed by atoms with Gasteiger partial charge in [-0.05, 0) is 55.0 Å². The van der Waals surface area contributed by atoms with Crippen LogP contribution in [0.5, 0.6) is 0 Å². The highest BCUT2D eigenvalue weighted by atomic mass is 32.2. The molecule has 1 saturated heterocycles. The van der Waals surface area contributed by atoms with E-state index in [0.717, 1.165) is 24.0 Å². The number of likely N-dealkylation sites (tertiary alicyclic amines) is 1. The Kier molecular flexibility index (Phi) is 6.38. The summed E-state index contributed by atoms with van der Waals surface area (Å²) in [5.74, 6) is 0.374. The second-order valence-corrected chi connectivity index (χ2v) is 12.0. The third-order valence-electron chi connectivity index (χ3n) is 6.08. The van der Waals surface area contributed by atoms with Crippen LogP contribution in [-0.2, 0) is 15.6 Å². The Morgan fingerprint density at radius 1 is 1.16 bits per heavy atom. The molecule has 0 saturated carbocycles. The van der Waals surface area contributed by atoms with Crippen LogP contribution in [-0.4, -0.2) is 42.8 Å². The molecule has 0 atom stereocenters. The number of nitrogens with zero attached hydrogens (tertiary/aromatic N) is 2. The predicted molar refractivity (Wildman–Crippen MR) is 128 cm³/mol. The van der Waals surface area contributed by atoms with E-state index in [2.05, 4.69) is 18.8 Å². The third-order valence-corrected chi connectivity index (χ3v) is 8.58. The summed E-state index contributed by atoms with van der Waals surface area (Å²) in [6, 6.07) is 12.1. The van der Waals surface area contributed by atoms with Gasteiger partial charge in [0.05, 0.1) is 26.4 Å². The van der Waals surface area contributed by atoms with Crippen LogP contribution in [0.2, 0.25) is 0 Å². The lowest BCUT2D eigenvalue weighted by molar-refractivity contribution is 0.0657. The molecular weight excluding hydrogens is 442 g/mol. The number of benzene rings is 2. The molecular formula is C24H29N3O3S2. The summed E-state index contributed by atoms with van der Waals surface area (Å²) in [4.78, 5) is 19.2. The Bertz CT molecular complexity index is 1210. The number of aromatic nitrogens is 1. The molecule has 6 nitrogen and oxygen atoms in total. The number of sulfone groups is 1. The number of nitrogens with two attached hydrogens (primary N) is 1. The number of carbonyl (C=O) groups is 1. The second-order valence-electron chi connectivity index (χ2n) is 9.16. The maximum absolute atomic E-state index is 13.0. The summed E-state index contributed by atoms with van der Waals surface area (Å²) in [5, 5.41) is 0. The summed E-state index contributed by atoms with van der Waals surface area (Å²) in [5.41, 5.74) is 9.71. The van der Waals surface area contributed by atoms with Gasteiger partial charge < -0.3 is 10.6 Å². The SMILES string of the molecule is CC(C)CC1(N)CCN(C(=O)c2ccc(CS(=O)(=O)c3cccc4scnc34)cc2)CC1. The molecule has 170 valence electrons. The lowest BCUT2D eigenvalue weighted by Gasteiger charge is -2.40. The molecule has 2 N–H and O–H groups in total. The van der Waals surface area contributed by atoms with E-state index in [1.54, 1.807) is 41.9 Å². The van der Waals surface area contributed by atoms with Gasteiger partial charge in [0.1, 0.15) is 0 Å². The zero-order chi connectivity index (χ0) is 22.9. The number of piperidine rings is 1. The lowest BCUT2D eigenvalue weighted by atomic mass is 9.81. The van der Waals surface area contributed by atoms with Gasteiger partial charge >= 0.3 is 0 Å². The molecule has 1 aliphatic rings. The quantitative estimate of drug-likeness (QED) is 0.580. The van der Waals surface area contributed by atoms with Crippen LogP contribution >= 0.6 is 11.3 Å². The Hall–Kier alpha value is -2.29. The number of para-hydroxylation sites is 1. The molecule has 0 spiro atoms. The number of carbonyl (C=O) groups excluding carboxylic acids is 1. The predicted octanol–water partition coefficient (Wildman–Crippen LogP) is 4.25. The minimum absolute atomic E-state index is 0.0294. The first-order chi connectivity index (χ1) is 15.2. The van der Waals surface area contributed by atoms with Crippen LogP contribution in [0.15, 0.2) is 52.9 Å². The van der Waals surface area contributed by atoms with Gasteiger partial charge in [-0.3, -0.25) is 4.79 Å². The minimum atomic E-state index is -3.55. The van der Waals surface area contributed by atoms with E-state index in [1.807, 2.05) is 11.0 Å². The number of fused-ring (bicyclic) bond motifs is 1. The van der Waals surface area contributed by atoms with Gasteiger partial charge in [0, 0.05) is 24.2 Å². The Morgan fingerprint density at radius 2 is 1.84 bits per heavy atom. The Labute approximate surface area is 193 Å². The van der Waals surface area contributed by atoms with Crippen molar-refractivity contribution in [3.8, 4) is 0 Å². The van der Waals surface area contributed by atoms with Gasteiger partial charge in [-0.1, -0.05) is 32.0 Å². The number of hydrogen-bond donors (Lipinski definition) is 1. The van der Waals surface area contributed by atoms with Gasteiger partial charge in [-0.15, -0.1) is 11.3 Å². The molecule has 1 amide bonds.